The van der Waals surface area contributed by atoms with E-state index in [-0.39, 0.29) is 17.4 Å². The van der Waals surface area contributed by atoms with Gasteiger partial charge in [-0.2, -0.15) is 0 Å². The van der Waals surface area contributed by atoms with Crippen LogP contribution >= 0.6 is 15.9 Å². The SMILES string of the molecule is CC(C)(CO)c1cc2c(cc1Br)OCC1(CC1)CO2. The number of fused-ring (bicyclic) bond motifs is 1. The lowest BCUT2D eigenvalue weighted by atomic mass is 9.85. The van der Waals surface area contributed by atoms with Crippen molar-refractivity contribution in [1.82, 2.24) is 0 Å². The lowest BCUT2D eigenvalue weighted by molar-refractivity contribution is 0.196. The Balaban J connectivity index is 1.97. The van der Waals surface area contributed by atoms with E-state index in [2.05, 4.69) is 15.9 Å². The predicted molar refractivity (Wildman–Crippen MR) is 76.9 cm³/mol. The van der Waals surface area contributed by atoms with E-state index in [9.17, 15) is 5.11 Å². The number of rotatable bonds is 2. The minimum Gasteiger partial charge on any atom is -0.489 e. The molecule has 0 saturated heterocycles. The van der Waals surface area contributed by atoms with Crippen LogP contribution in [0.4, 0.5) is 0 Å². The molecule has 0 radical (unpaired) electrons. The van der Waals surface area contributed by atoms with Crippen molar-refractivity contribution in [3.8, 4) is 11.5 Å². The summed E-state index contributed by atoms with van der Waals surface area (Å²) in [6.07, 6.45) is 2.38. The largest absolute Gasteiger partial charge is 0.489 e. The van der Waals surface area contributed by atoms with Crippen LogP contribution in [-0.4, -0.2) is 24.9 Å². The maximum absolute atomic E-state index is 9.53. The van der Waals surface area contributed by atoms with Gasteiger partial charge in [0.1, 0.15) is 0 Å². The lowest BCUT2D eigenvalue weighted by Gasteiger charge is -2.25. The molecule has 1 aliphatic carbocycles. The van der Waals surface area contributed by atoms with Crippen molar-refractivity contribution in [2.24, 2.45) is 5.41 Å². The minimum absolute atomic E-state index is 0.0924. The normalized spacial score (nSPS) is 20.2. The van der Waals surface area contributed by atoms with Gasteiger partial charge < -0.3 is 14.6 Å². The monoisotopic (exact) mass is 326 g/mol. The van der Waals surface area contributed by atoms with E-state index in [1.54, 1.807) is 0 Å². The van der Waals surface area contributed by atoms with Crippen molar-refractivity contribution in [3.63, 3.8) is 0 Å². The third kappa shape index (κ3) is 2.36. The van der Waals surface area contributed by atoms with Crippen molar-refractivity contribution in [3.05, 3.63) is 22.2 Å². The van der Waals surface area contributed by atoms with Gasteiger partial charge >= 0.3 is 0 Å². The highest BCUT2D eigenvalue weighted by molar-refractivity contribution is 9.10. The van der Waals surface area contributed by atoms with E-state index in [1.807, 2.05) is 26.0 Å². The molecular formula is C15H19BrO3. The molecule has 19 heavy (non-hydrogen) atoms. The van der Waals surface area contributed by atoms with Crippen LogP contribution in [0.2, 0.25) is 0 Å². The number of halogens is 1. The van der Waals surface area contributed by atoms with Crippen LogP contribution in [0.5, 0.6) is 11.5 Å². The summed E-state index contributed by atoms with van der Waals surface area (Å²) in [6, 6.07) is 3.96. The molecule has 1 aliphatic heterocycles. The predicted octanol–water partition coefficient (Wildman–Crippen LogP) is 3.27. The summed E-state index contributed by atoms with van der Waals surface area (Å²) in [5.74, 6) is 1.59. The van der Waals surface area contributed by atoms with Gasteiger partial charge in [-0.3, -0.25) is 0 Å². The maximum Gasteiger partial charge on any atom is 0.162 e. The number of benzene rings is 1. The van der Waals surface area contributed by atoms with Gasteiger partial charge in [-0.15, -0.1) is 0 Å². The molecular weight excluding hydrogens is 308 g/mol. The van der Waals surface area contributed by atoms with E-state index in [0.717, 1.165) is 34.7 Å². The summed E-state index contributed by atoms with van der Waals surface area (Å²) in [5, 5.41) is 9.53. The second-order valence-corrected chi connectivity index (χ2v) is 7.25. The first kappa shape index (κ1) is 13.3. The van der Waals surface area contributed by atoms with Crippen molar-refractivity contribution < 1.29 is 14.6 Å². The molecule has 1 saturated carbocycles. The van der Waals surface area contributed by atoms with E-state index < -0.39 is 0 Å². The van der Waals surface area contributed by atoms with Crippen LogP contribution in [0.3, 0.4) is 0 Å². The Kier molecular flexibility index (Phi) is 3.06. The Morgan fingerprint density at radius 2 is 1.79 bits per heavy atom. The topological polar surface area (TPSA) is 38.7 Å². The van der Waals surface area contributed by atoms with Crippen LogP contribution in [0.15, 0.2) is 16.6 Å². The molecule has 1 aromatic rings. The fraction of sp³-hybridized carbons (Fsp3) is 0.600. The molecule has 0 aromatic heterocycles. The quantitative estimate of drug-likeness (QED) is 0.906. The van der Waals surface area contributed by atoms with E-state index >= 15 is 0 Å². The highest BCUT2D eigenvalue weighted by Gasteiger charge is 2.46. The van der Waals surface area contributed by atoms with Crippen LogP contribution in [0.25, 0.3) is 0 Å². The molecule has 3 rings (SSSR count). The van der Waals surface area contributed by atoms with Gasteiger partial charge in [-0.1, -0.05) is 29.8 Å². The fourth-order valence-corrected chi connectivity index (χ4v) is 3.19. The summed E-state index contributed by atoms with van der Waals surface area (Å²) in [4.78, 5) is 0. The standard InChI is InChI=1S/C15H19BrO3/c1-14(2,7-17)10-5-12-13(6-11(10)16)19-9-15(3-4-15)8-18-12/h5-6,17H,3-4,7-9H2,1-2H3. The summed E-state index contributed by atoms with van der Waals surface area (Å²) in [5.41, 5.74) is 0.989. The third-order valence-electron chi connectivity index (χ3n) is 4.18. The second kappa shape index (κ2) is 4.38. The van der Waals surface area contributed by atoms with Crippen LogP contribution in [0.1, 0.15) is 32.3 Å². The van der Waals surface area contributed by atoms with Crippen LogP contribution < -0.4 is 9.47 Å². The fourth-order valence-electron chi connectivity index (χ4n) is 2.33. The Labute approximate surface area is 122 Å². The Morgan fingerprint density at radius 1 is 1.21 bits per heavy atom. The average molecular weight is 327 g/mol. The van der Waals surface area contributed by atoms with Gasteiger partial charge in [0.2, 0.25) is 0 Å². The average Bonchev–Trinajstić information content (AvgIpc) is 3.17. The van der Waals surface area contributed by atoms with Gasteiger partial charge in [-0.05, 0) is 30.5 Å². The van der Waals surface area contributed by atoms with Gasteiger partial charge in [0.05, 0.1) is 19.8 Å². The molecule has 3 nitrogen and oxygen atoms in total. The van der Waals surface area contributed by atoms with Gasteiger partial charge in [-0.25, -0.2) is 0 Å². The number of aliphatic hydroxyl groups excluding tert-OH is 1. The first-order chi connectivity index (χ1) is 8.96. The van der Waals surface area contributed by atoms with Crippen LogP contribution in [0, 0.1) is 5.41 Å². The number of hydrogen-bond acceptors (Lipinski definition) is 3. The molecule has 1 aromatic carbocycles. The summed E-state index contributed by atoms with van der Waals surface area (Å²) < 4.78 is 12.8. The molecule has 4 heteroatoms. The summed E-state index contributed by atoms with van der Waals surface area (Å²) >= 11 is 3.57. The Hall–Kier alpha value is -0.740. The Bertz CT molecular complexity index is 506. The van der Waals surface area contributed by atoms with Gasteiger partial charge in [0, 0.05) is 15.3 Å². The molecule has 0 unspecified atom stereocenters. The van der Waals surface area contributed by atoms with E-state index in [1.165, 1.54) is 12.8 Å². The third-order valence-corrected chi connectivity index (χ3v) is 4.84. The van der Waals surface area contributed by atoms with Crippen molar-refractivity contribution >= 4 is 15.9 Å². The van der Waals surface area contributed by atoms with Gasteiger partial charge in [0.25, 0.3) is 0 Å². The number of hydrogen-bond donors (Lipinski definition) is 1. The molecule has 1 heterocycles. The second-order valence-electron chi connectivity index (χ2n) is 6.40. The zero-order valence-electron chi connectivity index (χ0n) is 11.3. The molecule has 0 atom stereocenters. The zero-order chi connectivity index (χ0) is 13.7. The molecule has 1 N–H and O–H groups in total. The molecule has 2 aliphatic rings. The Morgan fingerprint density at radius 3 is 2.32 bits per heavy atom. The molecule has 1 fully saturated rings. The number of aliphatic hydroxyl groups is 1. The van der Waals surface area contributed by atoms with Crippen molar-refractivity contribution in [2.45, 2.75) is 32.1 Å². The van der Waals surface area contributed by atoms with Crippen LogP contribution in [-0.2, 0) is 5.41 Å². The first-order valence-corrected chi connectivity index (χ1v) is 7.46. The van der Waals surface area contributed by atoms with Crippen molar-refractivity contribution in [2.75, 3.05) is 19.8 Å². The number of ether oxygens (including phenoxy) is 2. The highest BCUT2D eigenvalue weighted by atomic mass is 79.9. The lowest BCUT2D eigenvalue weighted by Crippen LogP contribution is -2.22. The zero-order valence-corrected chi connectivity index (χ0v) is 12.9. The first-order valence-electron chi connectivity index (χ1n) is 6.66. The molecule has 1 spiro atoms. The van der Waals surface area contributed by atoms with E-state index in [4.69, 9.17) is 9.47 Å². The highest BCUT2D eigenvalue weighted by Crippen LogP contribution is 2.50. The van der Waals surface area contributed by atoms with Crippen molar-refractivity contribution in [1.29, 1.82) is 0 Å². The smallest absolute Gasteiger partial charge is 0.162 e. The molecule has 0 amide bonds. The molecule has 0 bridgehead atoms. The summed E-state index contributed by atoms with van der Waals surface area (Å²) in [7, 11) is 0. The van der Waals surface area contributed by atoms with Gasteiger partial charge in [0.15, 0.2) is 11.5 Å². The van der Waals surface area contributed by atoms with E-state index in [0.29, 0.717) is 0 Å². The maximum atomic E-state index is 9.53. The minimum atomic E-state index is -0.305. The summed E-state index contributed by atoms with van der Waals surface area (Å²) in [6.45, 7) is 5.60. The molecule has 104 valence electrons.